The van der Waals surface area contributed by atoms with E-state index in [0.29, 0.717) is 11.3 Å². The fourth-order valence-electron chi connectivity index (χ4n) is 1.08. The Morgan fingerprint density at radius 2 is 2.15 bits per heavy atom. The highest BCUT2D eigenvalue weighted by Gasteiger charge is 2.11. The van der Waals surface area contributed by atoms with Gasteiger partial charge in [-0.25, -0.2) is 4.39 Å². The van der Waals surface area contributed by atoms with Crippen LogP contribution >= 0.6 is 0 Å². The van der Waals surface area contributed by atoms with Gasteiger partial charge in [0.1, 0.15) is 5.82 Å². The summed E-state index contributed by atoms with van der Waals surface area (Å²) in [4.78, 5) is 11.2. The van der Waals surface area contributed by atoms with Gasteiger partial charge in [-0.05, 0) is 24.6 Å². The van der Waals surface area contributed by atoms with Crippen molar-refractivity contribution in [3.63, 3.8) is 0 Å². The zero-order valence-electron chi connectivity index (χ0n) is 7.52. The summed E-state index contributed by atoms with van der Waals surface area (Å²) >= 11 is 0. The van der Waals surface area contributed by atoms with Gasteiger partial charge in [-0.1, -0.05) is 0 Å². The normalized spacial score (nSPS) is 9.77. The van der Waals surface area contributed by atoms with Crippen LogP contribution in [0.1, 0.15) is 15.9 Å². The predicted molar refractivity (Wildman–Crippen MR) is 48.9 cm³/mol. The van der Waals surface area contributed by atoms with Crippen molar-refractivity contribution in [2.24, 2.45) is 0 Å². The van der Waals surface area contributed by atoms with Gasteiger partial charge in [0, 0.05) is 12.7 Å². The fourth-order valence-corrected chi connectivity index (χ4v) is 1.08. The van der Waals surface area contributed by atoms with Crippen molar-refractivity contribution < 1.29 is 9.18 Å². The molecule has 3 nitrogen and oxygen atoms in total. The first-order valence-electron chi connectivity index (χ1n) is 3.84. The Hall–Kier alpha value is -1.58. The van der Waals surface area contributed by atoms with E-state index >= 15 is 0 Å². The van der Waals surface area contributed by atoms with Crippen molar-refractivity contribution in [2.45, 2.75) is 6.92 Å². The van der Waals surface area contributed by atoms with Gasteiger partial charge in [0.05, 0.1) is 5.56 Å². The average Bonchev–Trinajstić information content (AvgIpc) is 2.10. The van der Waals surface area contributed by atoms with Crippen molar-refractivity contribution in [1.29, 1.82) is 0 Å². The SMILES string of the molecule is CNC(=O)c1cc(F)cc(C)c1N. The molecule has 0 heterocycles. The number of nitrogens with one attached hydrogen (secondary N) is 1. The molecule has 0 aliphatic rings. The number of halogens is 1. The van der Waals surface area contributed by atoms with E-state index in [9.17, 15) is 9.18 Å². The molecule has 1 aromatic rings. The van der Waals surface area contributed by atoms with Gasteiger partial charge >= 0.3 is 0 Å². The first kappa shape index (κ1) is 9.51. The first-order valence-corrected chi connectivity index (χ1v) is 3.84. The maximum absolute atomic E-state index is 12.9. The summed E-state index contributed by atoms with van der Waals surface area (Å²) in [5.41, 5.74) is 6.67. The minimum Gasteiger partial charge on any atom is -0.398 e. The van der Waals surface area contributed by atoms with Gasteiger partial charge in [-0.2, -0.15) is 0 Å². The number of carbonyl (C=O) groups excluding carboxylic acids is 1. The lowest BCUT2D eigenvalue weighted by Crippen LogP contribution is -2.20. The van der Waals surface area contributed by atoms with Crippen LogP contribution in [-0.2, 0) is 0 Å². The van der Waals surface area contributed by atoms with Crippen molar-refractivity contribution in [3.05, 3.63) is 29.1 Å². The molecular formula is C9H11FN2O. The van der Waals surface area contributed by atoms with Crippen molar-refractivity contribution in [3.8, 4) is 0 Å². The smallest absolute Gasteiger partial charge is 0.253 e. The van der Waals surface area contributed by atoms with Crippen LogP contribution in [0.5, 0.6) is 0 Å². The highest BCUT2D eigenvalue weighted by Crippen LogP contribution is 2.18. The van der Waals surface area contributed by atoms with E-state index in [-0.39, 0.29) is 11.5 Å². The second kappa shape index (κ2) is 3.43. The standard InChI is InChI=1S/C9H11FN2O/c1-5-3-6(10)4-7(8(5)11)9(13)12-2/h3-4H,11H2,1-2H3,(H,12,13). The number of nitrogen functional groups attached to an aromatic ring is 1. The summed E-state index contributed by atoms with van der Waals surface area (Å²) in [6.45, 7) is 1.66. The third kappa shape index (κ3) is 1.77. The zero-order chi connectivity index (χ0) is 10.0. The average molecular weight is 182 g/mol. The van der Waals surface area contributed by atoms with E-state index in [1.807, 2.05) is 0 Å². The number of nitrogens with two attached hydrogens (primary N) is 1. The Balaban J connectivity index is 3.28. The van der Waals surface area contributed by atoms with Crippen LogP contribution in [0.25, 0.3) is 0 Å². The molecule has 0 radical (unpaired) electrons. The highest BCUT2D eigenvalue weighted by atomic mass is 19.1. The van der Waals surface area contributed by atoms with Crippen LogP contribution < -0.4 is 11.1 Å². The molecule has 70 valence electrons. The van der Waals surface area contributed by atoms with Crippen LogP contribution in [0.3, 0.4) is 0 Å². The van der Waals surface area contributed by atoms with Crippen LogP contribution in [0.15, 0.2) is 12.1 Å². The van der Waals surface area contributed by atoms with Crippen LogP contribution in [-0.4, -0.2) is 13.0 Å². The van der Waals surface area contributed by atoms with Crippen molar-refractivity contribution in [1.82, 2.24) is 5.32 Å². The number of anilines is 1. The molecule has 0 aliphatic heterocycles. The Morgan fingerprint density at radius 1 is 1.54 bits per heavy atom. The number of hydrogen-bond acceptors (Lipinski definition) is 2. The van der Waals surface area contributed by atoms with Gasteiger partial charge in [0.15, 0.2) is 0 Å². The minimum absolute atomic E-state index is 0.181. The van der Waals surface area contributed by atoms with E-state index < -0.39 is 5.82 Å². The van der Waals surface area contributed by atoms with Crippen molar-refractivity contribution >= 4 is 11.6 Å². The summed E-state index contributed by atoms with van der Waals surface area (Å²) in [5, 5.41) is 2.39. The largest absolute Gasteiger partial charge is 0.398 e. The molecule has 1 rings (SSSR count). The number of carbonyl (C=O) groups is 1. The number of hydrogen-bond donors (Lipinski definition) is 2. The summed E-state index contributed by atoms with van der Waals surface area (Å²) in [6, 6.07) is 2.42. The number of benzene rings is 1. The second-order valence-corrected chi connectivity index (χ2v) is 2.76. The second-order valence-electron chi connectivity index (χ2n) is 2.76. The van der Waals surface area contributed by atoms with Crippen LogP contribution in [0, 0.1) is 12.7 Å². The Bertz CT molecular complexity index is 350. The highest BCUT2D eigenvalue weighted by molar-refractivity contribution is 5.99. The molecule has 0 saturated heterocycles. The van der Waals surface area contributed by atoms with E-state index in [1.54, 1.807) is 6.92 Å². The Morgan fingerprint density at radius 3 is 2.69 bits per heavy atom. The van der Waals surface area contributed by atoms with E-state index in [1.165, 1.54) is 13.1 Å². The maximum Gasteiger partial charge on any atom is 0.253 e. The van der Waals surface area contributed by atoms with Gasteiger partial charge in [-0.3, -0.25) is 4.79 Å². The lowest BCUT2D eigenvalue weighted by atomic mass is 10.1. The summed E-state index contributed by atoms with van der Waals surface area (Å²) in [7, 11) is 1.47. The molecule has 1 aromatic carbocycles. The Kier molecular flexibility index (Phi) is 2.51. The molecule has 0 spiro atoms. The molecular weight excluding hydrogens is 171 g/mol. The van der Waals surface area contributed by atoms with E-state index in [2.05, 4.69) is 5.32 Å². The first-order chi connectivity index (χ1) is 6.06. The topological polar surface area (TPSA) is 55.1 Å². The lowest BCUT2D eigenvalue weighted by Gasteiger charge is -2.06. The third-order valence-corrected chi connectivity index (χ3v) is 1.82. The van der Waals surface area contributed by atoms with Gasteiger partial charge in [0.25, 0.3) is 5.91 Å². The molecule has 0 atom stereocenters. The molecule has 0 aromatic heterocycles. The van der Waals surface area contributed by atoms with Crippen LogP contribution in [0.2, 0.25) is 0 Å². The maximum atomic E-state index is 12.9. The lowest BCUT2D eigenvalue weighted by molar-refractivity contribution is 0.0963. The monoisotopic (exact) mass is 182 g/mol. The van der Waals surface area contributed by atoms with E-state index in [0.717, 1.165) is 6.07 Å². The van der Waals surface area contributed by atoms with Gasteiger partial charge in [0.2, 0.25) is 0 Å². The molecule has 4 heteroatoms. The summed E-state index contributed by atoms with van der Waals surface area (Å²) < 4.78 is 12.9. The fraction of sp³-hybridized carbons (Fsp3) is 0.222. The number of amides is 1. The van der Waals surface area contributed by atoms with Gasteiger partial charge in [-0.15, -0.1) is 0 Å². The Labute approximate surface area is 75.7 Å². The molecule has 0 fully saturated rings. The molecule has 3 N–H and O–H groups in total. The molecule has 0 saturated carbocycles. The molecule has 0 bridgehead atoms. The third-order valence-electron chi connectivity index (χ3n) is 1.82. The summed E-state index contributed by atoms with van der Waals surface area (Å²) in [5.74, 6) is -0.828. The molecule has 0 aliphatic carbocycles. The van der Waals surface area contributed by atoms with Crippen LogP contribution in [0.4, 0.5) is 10.1 Å². The predicted octanol–water partition coefficient (Wildman–Crippen LogP) is 1.08. The summed E-state index contributed by atoms with van der Waals surface area (Å²) in [6.07, 6.45) is 0. The van der Waals surface area contributed by atoms with E-state index in [4.69, 9.17) is 5.73 Å². The zero-order valence-corrected chi connectivity index (χ0v) is 7.52. The van der Waals surface area contributed by atoms with Gasteiger partial charge < -0.3 is 11.1 Å². The van der Waals surface area contributed by atoms with Crippen molar-refractivity contribution in [2.75, 3.05) is 12.8 Å². The molecule has 1 amide bonds. The molecule has 13 heavy (non-hydrogen) atoms. The number of rotatable bonds is 1. The quantitative estimate of drug-likeness (QED) is 0.638. The molecule has 0 unspecified atom stereocenters. The minimum atomic E-state index is -0.453. The number of aryl methyl sites for hydroxylation is 1.